The Bertz CT molecular complexity index is 466. The van der Waals surface area contributed by atoms with Crippen LogP contribution >= 0.6 is 11.3 Å². The van der Waals surface area contributed by atoms with Crippen molar-refractivity contribution in [3.63, 3.8) is 0 Å². The fourth-order valence-corrected chi connectivity index (χ4v) is 2.23. The van der Waals surface area contributed by atoms with Crippen LogP contribution in [0, 0.1) is 5.92 Å². The molecule has 1 heterocycles. The fraction of sp³-hybridized carbons (Fsp3) is 0.417. The van der Waals surface area contributed by atoms with E-state index in [0.717, 1.165) is 0 Å². The highest BCUT2D eigenvalue weighted by Crippen LogP contribution is 2.15. The number of thiophene rings is 1. The smallest absolute Gasteiger partial charge is 0.303 e. The molecular weight excluding hydrogens is 254 g/mol. The number of hydrogen-bond acceptors (Lipinski definition) is 4. The van der Waals surface area contributed by atoms with Gasteiger partial charge in [0.1, 0.15) is 0 Å². The molecule has 2 N–H and O–H groups in total. The quantitative estimate of drug-likeness (QED) is 0.771. The minimum absolute atomic E-state index is 0.0173. The van der Waals surface area contributed by atoms with Crippen LogP contribution in [0.1, 0.15) is 40.3 Å². The van der Waals surface area contributed by atoms with E-state index in [-0.39, 0.29) is 24.0 Å². The topological polar surface area (TPSA) is 83.5 Å². The molecule has 0 aromatic carbocycles. The maximum absolute atomic E-state index is 11.7. The van der Waals surface area contributed by atoms with Crippen molar-refractivity contribution in [3.05, 3.63) is 21.9 Å². The molecule has 0 aliphatic heterocycles. The molecule has 0 fully saturated rings. The molecule has 0 saturated carbocycles. The summed E-state index contributed by atoms with van der Waals surface area (Å²) in [6.07, 6.45) is 0.0173. The predicted octanol–water partition coefficient (Wildman–Crippen LogP) is 1.79. The highest BCUT2D eigenvalue weighted by Gasteiger charge is 2.13. The van der Waals surface area contributed by atoms with E-state index in [1.807, 2.05) is 0 Å². The van der Waals surface area contributed by atoms with Crippen LogP contribution in [0.4, 0.5) is 0 Å². The molecule has 0 saturated heterocycles. The molecule has 0 aliphatic rings. The lowest BCUT2D eigenvalue weighted by atomic mass is 10.1. The Morgan fingerprint density at radius 2 is 2.11 bits per heavy atom. The van der Waals surface area contributed by atoms with E-state index in [0.29, 0.717) is 17.0 Å². The Morgan fingerprint density at radius 3 is 2.61 bits per heavy atom. The van der Waals surface area contributed by atoms with Crippen LogP contribution in [-0.2, 0) is 4.79 Å². The van der Waals surface area contributed by atoms with Gasteiger partial charge in [-0.25, -0.2) is 0 Å². The molecule has 1 aromatic rings. The van der Waals surface area contributed by atoms with Gasteiger partial charge in [-0.3, -0.25) is 14.4 Å². The zero-order valence-corrected chi connectivity index (χ0v) is 11.0. The monoisotopic (exact) mass is 269 g/mol. The summed E-state index contributed by atoms with van der Waals surface area (Å²) in [6, 6.07) is 1.55. The van der Waals surface area contributed by atoms with Crippen LogP contribution in [-0.4, -0.2) is 29.3 Å². The van der Waals surface area contributed by atoms with Crippen molar-refractivity contribution in [1.29, 1.82) is 0 Å². The first kappa shape index (κ1) is 14.4. The molecule has 18 heavy (non-hydrogen) atoms. The van der Waals surface area contributed by atoms with E-state index in [2.05, 4.69) is 5.32 Å². The van der Waals surface area contributed by atoms with Crippen LogP contribution < -0.4 is 5.32 Å². The minimum atomic E-state index is -0.883. The number of aliphatic carboxylic acids is 1. The Hall–Kier alpha value is -1.69. The third kappa shape index (κ3) is 4.29. The zero-order chi connectivity index (χ0) is 13.7. The van der Waals surface area contributed by atoms with Gasteiger partial charge in [-0.15, -0.1) is 11.3 Å². The standard InChI is InChI=1S/C12H15NO4S/c1-7(3-11(15)16)5-13-12(17)10-4-9(6-18-10)8(2)14/h4,6-7H,3,5H2,1-2H3,(H,13,17)(H,15,16). The van der Waals surface area contributed by atoms with Crippen LogP contribution in [0.25, 0.3) is 0 Å². The van der Waals surface area contributed by atoms with E-state index in [1.54, 1.807) is 18.4 Å². The number of rotatable bonds is 6. The highest BCUT2D eigenvalue weighted by atomic mass is 32.1. The SMILES string of the molecule is CC(=O)c1csc(C(=O)NCC(C)CC(=O)O)c1. The van der Waals surface area contributed by atoms with Crippen LogP contribution in [0.15, 0.2) is 11.4 Å². The number of carboxylic acids is 1. The van der Waals surface area contributed by atoms with Gasteiger partial charge in [-0.05, 0) is 18.9 Å². The number of hydrogen-bond donors (Lipinski definition) is 2. The summed E-state index contributed by atoms with van der Waals surface area (Å²) >= 11 is 1.20. The van der Waals surface area contributed by atoms with E-state index < -0.39 is 5.97 Å². The number of amides is 1. The number of carboxylic acid groups (broad SMARTS) is 1. The van der Waals surface area contributed by atoms with Gasteiger partial charge in [-0.2, -0.15) is 0 Å². The van der Waals surface area contributed by atoms with E-state index in [1.165, 1.54) is 18.3 Å². The Kier molecular flexibility index (Phi) is 5.03. The molecule has 5 nitrogen and oxygen atoms in total. The van der Waals surface area contributed by atoms with Crippen molar-refractivity contribution in [2.75, 3.05) is 6.54 Å². The normalized spacial score (nSPS) is 11.9. The number of carbonyl (C=O) groups is 3. The molecule has 1 rings (SSSR count). The second-order valence-corrected chi connectivity index (χ2v) is 5.08. The number of ketones is 1. The summed E-state index contributed by atoms with van der Waals surface area (Å²) in [7, 11) is 0. The maximum atomic E-state index is 11.7. The van der Waals surface area contributed by atoms with Crippen molar-refractivity contribution in [3.8, 4) is 0 Å². The fourth-order valence-electron chi connectivity index (χ4n) is 1.36. The van der Waals surface area contributed by atoms with Gasteiger partial charge in [0.25, 0.3) is 5.91 Å². The van der Waals surface area contributed by atoms with Crippen LogP contribution in [0.2, 0.25) is 0 Å². The highest BCUT2D eigenvalue weighted by molar-refractivity contribution is 7.12. The Morgan fingerprint density at radius 1 is 1.44 bits per heavy atom. The second-order valence-electron chi connectivity index (χ2n) is 4.17. The molecular formula is C12H15NO4S. The summed E-state index contributed by atoms with van der Waals surface area (Å²) in [5.41, 5.74) is 0.517. The summed E-state index contributed by atoms with van der Waals surface area (Å²) in [5, 5.41) is 12.9. The Balaban J connectivity index is 2.49. The number of nitrogens with one attached hydrogen (secondary N) is 1. The summed E-state index contributed by atoms with van der Waals surface area (Å²) in [5.74, 6) is -1.36. The maximum Gasteiger partial charge on any atom is 0.303 e. The first-order chi connectivity index (χ1) is 8.40. The number of Topliss-reactive ketones (excluding diaryl/α,β-unsaturated/α-hetero) is 1. The third-order valence-corrected chi connectivity index (χ3v) is 3.29. The van der Waals surface area contributed by atoms with Crippen LogP contribution in [0.3, 0.4) is 0 Å². The van der Waals surface area contributed by atoms with Gasteiger partial charge < -0.3 is 10.4 Å². The average Bonchev–Trinajstić information content (AvgIpc) is 2.74. The summed E-state index contributed by atoms with van der Waals surface area (Å²) in [4.78, 5) is 33.7. The van der Waals surface area contributed by atoms with E-state index >= 15 is 0 Å². The van der Waals surface area contributed by atoms with Gasteiger partial charge in [0.2, 0.25) is 0 Å². The number of carbonyl (C=O) groups excluding carboxylic acids is 2. The molecule has 0 bridgehead atoms. The van der Waals surface area contributed by atoms with Gasteiger partial charge >= 0.3 is 5.97 Å². The second kappa shape index (κ2) is 6.30. The summed E-state index contributed by atoms with van der Waals surface area (Å²) < 4.78 is 0. The van der Waals surface area contributed by atoms with E-state index in [9.17, 15) is 14.4 Å². The zero-order valence-electron chi connectivity index (χ0n) is 10.2. The van der Waals surface area contributed by atoms with Crippen LogP contribution in [0.5, 0.6) is 0 Å². The molecule has 6 heteroatoms. The minimum Gasteiger partial charge on any atom is -0.481 e. The molecule has 1 aromatic heterocycles. The largest absolute Gasteiger partial charge is 0.481 e. The molecule has 0 aliphatic carbocycles. The third-order valence-electron chi connectivity index (χ3n) is 2.36. The van der Waals surface area contributed by atoms with Crippen molar-refractivity contribution in [2.45, 2.75) is 20.3 Å². The lowest BCUT2D eigenvalue weighted by molar-refractivity contribution is -0.137. The first-order valence-corrected chi connectivity index (χ1v) is 6.37. The molecule has 0 radical (unpaired) electrons. The average molecular weight is 269 g/mol. The first-order valence-electron chi connectivity index (χ1n) is 5.49. The van der Waals surface area contributed by atoms with Gasteiger partial charge in [0.15, 0.2) is 5.78 Å². The van der Waals surface area contributed by atoms with E-state index in [4.69, 9.17) is 5.11 Å². The van der Waals surface area contributed by atoms with Gasteiger partial charge in [0.05, 0.1) is 4.88 Å². The molecule has 98 valence electrons. The van der Waals surface area contributed by atoms with Crippen molar-refractivity contribution in [2.24, 2.45) is 5.92 Å². The lowest BCUT2D eigenvalue weighted by Gasteiger charge is -2.09. The molecule has 0 spiro atoms. The summed E-state index contributed by atoms with van der Waals surface area (Å²) in [6.45, 7) is 3.50. The molecule has 1 atom stereocenters. The van der Waals surface area contributed by atoms with Crippen molar-refractivity contribution < 1.29 is 19.5 Å². The Labute approximate surface area is 109 Å². The van der Waals surface area contributed by atoms with Gasteiger partial charge in [0, 0.05) is 23.9 Å². The lowest BCUT2D eigenvalue weighted by Crippen LogP contribution is -2.28. The molecule has 1 amide bonds. The predicted molar refractivity (Wildman–Crippen MR) is 68.1 cm³/mol. The molecule has 1 unspecified atom stereocenters. The van der Waals surface area contributed by atoms with Crippen molar-refractivity contribution in [1.82, 2.24) is 5.32 Å². The van der Waals surface area contributed by atoms with Crippen molar-refractivity contribution >= 4 is 29.0 Å². The van der Waals surface area contributed by atoms with Gasteiger partial charge in [-0.1, -0.05) is 6.92 Å².